The van der Waals surface area contributed by atoms with Gasteiger partial charge in [0.1, 0.15) is 0 Å². The van der Waals surface area contributed by atoms with Crippen LogP contribution in [0, 0.1) is 0 Å². The largest absolute Gasteiger partial charge is 0.380 e. The van der Waals surface area contributed by atoms with Crippen LogP contribution in [0.3, 0.4) is 0 Å². The Hall–Kier alpha value is -0.200. The smallest absolute Gasteiger partial charge is 0.0593 e. The lowest BCUT2D eigenvalue weighted by Crippen LogP contribution is -2.56. The molecule has 0 aromatic carbocycles. The van der Waals surface area contributed by atoms with Crippen LogP contribution in [-0.4, -0.2) is 81.5 Å². The summed E-state index contributed by atoms with van der Waals surface area (Å²) < 4.78 is 11.1. The van der Waals surface area contributed by atoms with Gasteiger partial charge in [0.05, 0.1) is 13.2 Å². The molecule has 5 heteroatoms. The normalized spacial score (nSPS) is 24.4. The molecule has 0 spiro atoms. The van der Waals surface area contributed by atoms with Crippen molar-refractivity contribution in [3.63, 3.8) is 0 Å². The molecule has 1 rings (SSSR count). The zero-order chi connectivity index (χ0) is 15.6. The molecule has 0 amide bonds. The summed E-state index contributed by atoms with van der Waals surface area (Å²) in [6, 6.07) is 0. The molecule has 0 aromatic rings. The summed E-state index contributed by atoms with van der Waals surface area (Å²) in [6.07, 6.45) is 3.53. The topological polar surface area (TPSA) is 51.0 Å². The highest BCUT2D eigenvalue weighted by Gasteiger charge is 2.36. The molecule has 0 bridgehead atoms. The third-order valence-corrected chi connectivity index (χ3v) is 4.61. The molecule has 1 fully saturated rings. The Labute approximate surface area is 130 Å². The van der Waals surface area contributed by atoms with Crippen LogP contribution in [0.4, 0.5) is 0 Å². The highest BCUT2D eigenvalue weighted by molar-refractivity contribution is 4.94. The number of nitrogens with zero attached hydrogens (tertiary/aromatic N) is 2. The van der Waals surface area contributed by atoms with Crippen LogP contribution in [0.1, 0.15) is 33.1 Å². The van der Waals surface area contributed by atoms with Gasteiger partial charge in [-0.3, -0.25) is 4.90 Å². The van der Waals surface area contributed by atoms with E-state index in [1.165, 1.54) is 19.4 Å². The number of rotatable bonds is 10. The van der Waals surface area contributed by atoms with Crippen molar-refractivity contribution >= 4 is 0 Å². The fourth-order valence-corrected chi connectivity index (χ4v) is 3.19. The highest BCUT2D eigenvalue weighted by atomic mass is 16.5. The number of likely N-dealkylation sites (tertiary alicyclic amines) is 1. The minimum atomic E-state index is 0.110. The van der Waals surface area contributed by atoms with Crippen molar-refractivity contribution in [2.45, 2.75) is 38.6 Å². The van der Waals surface area contributed by atoms with Gasteiger partial charge in [-0.15, -0.1) is 0 Å². The lowest BCUT2D eigenvalue weighted by Gasteiger charge is -2.43. The first-order valence-corrected chi connectivity index (χ1v) is 8.47. The molecule has 1 heterocycles. The van der Waals surface area contributed by atoms with Gasteiger partial charge >= 0.3 is 0 Å². The Balaban J connectivity index is 2.68. The number of hydrogen-bond donors (Lipinski definition) is 1. The van der Waals surface area contributed by atoms with Crippen molar-refractivity contribution in [1.82, 2.24) is 9.80 Å². The van der Waals surface area contributed by atoms with E-state index in [2.05, 4.69) is 16.8 Å². The van der Waals surface area contributed by atoms with E-state index in [1.54, 1.807) is 0 Å². The summed E-state index contributed by atoms with van der Waals surface area (Å²) in [6.45, 7) is 12.1. The van der Waals surface area contributed by atoms with Gasteiger partial charge in [0.25, 0.3) is 0 Å². The van der Waals surface area contributed by atoms with Crippen LogP contribution in [-0.2, 0) is 9.47 Å². The maximum Gasteiger partial charge on any atom is 0.0593 e. The van der Waals surface area contributed by atoms with Gasteiger partial charge in [-0.1, -0.05) is 0 Å². The van der Waals surface area contributed by atoms with Gasteiger partial charge in [0.15, 0.2) is 0 Å². The zero-order valence-electron chi connectivity index (χ0n) is 14.3. The van der Waals surface area contributed by atoms with E-state index in [0.717, 1.165) is 59.0 Å². The second kappa shape index (κ2) is 10.5. The summed E-state index contributed by atoms with van der Waals surface area (Å²) >= 11 is 0. The molecule has 0 aromatic heterocycles. The fourth-order valence-electron chi connectivity index (χ4n) is 3.19. The van der Waals surface area contributed by atoms with Crippen molar-refractivity contribution in [2.75, 3.05) is 66.2 Å². The molecular formula is C16H35N3O2. The van der Waals surface area contributed by atoms with Crippen molar-refractivity contribution in [1.29, 1.82) is 0 Å². The van der Waals surface area contributed by atoms with Crippen molar-refractivity contribution in [3.05, 3.63) is 0 Å². The van der Waals surface area contributed by atoms with Gasteiger partial charge in [-0.05, 0) is 53.2 Å². The lowest BCUT2D eigenvalue weighted by molar-refractivity contribution is 0.0154. The number of ether oxygens (including phenoxy) is 2. The van der Waals surface area contributed by atoms with E-state index >= 15 is 0 Å². The molecular weight excluding hydrogens is 266 g/mol. The van der Waals surface area contributed by atoms with Gasteiger partial charge in [0, 0.05) is 38.4 Å². The van der Waals surface area contributed by atoms with Crippen LogP contribution in [0.15, 0.2) is 0 Å². The summed E-state index contributed by atoms with van der Waals surface area (Å²) in [7, 11) is 2.21. The Kier molecular flexibility index (Phi) is 9.44. The lowest BCUT2D eigenvalue weighted by atomic mass is 9.88. The third kappa shape index (κ3) is 6.20. The van der Waals surface area contributed by atoms with Gasteiger partial charge in [-0.25, -0.2) is 0 Å². The second-order valence-corrected chi connectivity index (χ2v) is 5.97. The Bertz CT molecular complexity index is 256. The SMILES string of the molecule is CCOCCN(CCOCC)C1(CN)CCCN(C)CC1. The molecule has 0 aliphatic carbocycles. The van der Waals surface area contributed by atoms with Crippen LogP contribution in [0.5, 0.6) is 0 Å². The molecule has 1 aliphatic rings. The minimum Gasteiger partial charge on any atom is -0.380 e. The molecule has 1 saturated heterocycles. The fraction of sp³-hybridized carbons (Fsp3) is 1.00. The quantitative estimate of drug-likeness (QED) is 0.614. The summed E-state index contributed by atoms with van der Waals surface area (Å²) in [5.74, 6) is 0. The van der Waals surface area contributed by atoms with Crippen LogP contribution < -0.4 is 5.73 Å². The number of hydrogen-bond acceptors (Lipinski definition) is 5. The molecule has 1 aliphatic heterocycles. The maximum atomic E-state index is 6.22. The molecule has 2 N–H and O–H groups in total. The molecule has 0 radical (unpaired) electrons. The van der Waals surface area contributed by atoms with E-state index in [0.29, 0.717) is 0 Å². The average molecular weight is 301 g/mol. The first-order valence-electron chi connectivity index (χ1n) is 8.47. The molecule has 1 unspecified atom stereocenters. The van der Waals surface area contributed by atoms with E-state index in [1.807, 2.05) is 13.8 Å². The third-order valence-electron chi connectivity index (χ3n) is 4.61. The van der Waals surface area contributed by atoms with Crippen molar-refractivity contribution in [2.24, 2.45) is 5.73 Å². The maximum absolute atomic E-state index is 6.22. The van der Waals surface area contributed by atoms with Gasteiger partial charge < -0.3 is 20.1 Å². The number of nitrogens with two attached hydrogens (primary N) is 1. The average Bonchev–Trinajstić information content (AvgIpc) is 2.68. The van der Waals surface area contributed by atoms with Crippen LogP contribution in [0.2, 0.25) is 0 Å². The summed E-state index contributed by atoms with van der Waals surface area (Å²) in [4.78, 5) is 4.94. The predicted molar refractivity (Wildman–Crippen MR) is 87.7 cm³/mol. The molecule has 1 atom stereocenters. The first-order chi connectivity index (χ1) is 10.2. The molecule has 21 heavy (non-hydrogen) atoms. The first kappa shape index (κ1) is 18.8. The second-order valence-electron chi connectivity index (χ2n) is 5.97. The Morgan fingerprint density at radius 3 is 2.19 bits per heavy atom. The van der Waals surface area contributed by atoms with E-state index in [4.69, 9.17) is 15.2 Å². The Morgan fingerprint density at radius 1 is 1.05 bits per heavy atom. The molecule has 126 valence electrons. The standard InChI is InChI=1S/C16H35N3O2/c1-4-20-13-11-19(12-14-21-5-2)16(15-17)7-6-9-18(3)10-8-16/h4-15,17H2,1-3H3. The highest BCUT2D eigenvalue weighted by Crippen LogP contribution is 2.27. The zero-order valence-corrected chi connectivity index (χ0v) is 14.3. The minimum absolute atomic E-state index is 0.110. The van der Waals surface area contributed by atoms with Crippen LogP contribution in [0.25, 0.3) is 0 Å². The monoisotopic (exact) mass is 301 g/mol. The van der Waals surface area contributed by atoms with Gasteiger partial charge in [-0.2, -0.15) is 0 Å². The van der Waals surface area contributed by atoms with Crippen molar-refractivity contribution < 1.29 is 9.47 Å². The predicted octanol–water partition coefficient (Wildman–Crippen LogP) is 1.17. The molecule has 5 nitrogen and oxygen atoms in total. The van der Waals surface area contributed by atoms with Crippen molar-refractivity contribution in [3.8, 4) is 0 Å². The van der Waals surface area contributed by atoms with Crippen LogP contribution >= 0.6 is 0 Å². The van der Waals surface area contributed by atoms with E-state index in [9.17, 15) is 0 Å². The van der Waals surface area contributed by atoms with E-state index < -0.39 is 0 Å². The molecule has 0 saturated carbocycles. The summed E-state index contributed by atoms with van der Waals surface area (Å²) in [5.41, 5.74) is 6.33. The van der Waals surface area contributed by atoms with E-state index in [-0.39, 0.29) is 5.54 Å². The van der Waals surface area contributed by atoms with Gasteiger partial charge in [0.2, 0.25) is 0 Å². The summed E-state index contributed by atoms with van der Waals surface area (Å²) in [5, 5.41) is 0. The Morgan fingerprint density at radius 2 is 1.67 bits per heavy atom.